The second kappa shape index (κ2) is 14.1. The van der Waals surface area contributed by atoms with Crippen LogP contribution in [-0.2, 0) is 20.4 Å². The van der Waals surface area contributed by atoms with Crippen molar-refractivity contribution in [2.24, 2.45) is 0 Å². The molecule has 1 amide bonds. The van der Waals surface area contributed by atoms with E-state index in [1.807, 2.05) is 6.07 Å². The number of amides is 1. The first-order chi connectivity index (χ1) is 19.7. The normalized spacial score (nSPS) is 11.5. The third-order valence-corrected chi connectivity index (χ3v) is 6.08. The van der Waals surface area contributed by atoms with Gasteiger partial charge in [0, 0.05) is 17.6 Å². The van der Waals surface area contributed by atoms with Crippen molar-refractivity contribution in [1.29, 1.82) is 0 Å². The predicted molar refractivity (Wildman–Crippen MR) is 146 cm³/mol. The number of benzene rings is 2. The molecule has 0 fully saturated rings. The Hall–Kier alpha value is -4.01. The van der Waals surface area contributed by atoms with Crippen LogP contribution in [0.15, 0.2) is 55.1 Å². The highest BCUT2D eigenvalue weighted by Crippen LogP contribution is 2.35. The molecule has 4 aromatic rings. The fraction of sp³-hybridized carbons (Fsp3) is 0.280. The molecule has 218 valence electrons. The van der Waals surface area contributed by atoms with Gasteiger partial charge in [-0.25, -0.2) is 23.3 Å². The molecule has 0 aliphatic carbocycles. The van der Waals surface area contributed by atoms with Gasteiger partial charge in [-0.3, -0.25) is 14.0 Å². The first kappa shape index (κ1) is 30.0. The van der Waals surface area contributed by atoms with E-state index in [0.717, 1.165) is 11.5 Å². The minimum atomic E-state index is -4.42. The van der Waals surface area contributed by atoms with Crippen LogP contribution in [0.5, 0.6) is 5.75 Å². The Kier molecular flexibility index (Phi) is 10.3. The van der Waals surface area contributed by atoms with E-state index >= 15 is 0 Å². The number of aromatic nitrogens is 4. The van der Waals surface area contributed by atoms with E-state index in [0.29, 0.717) is 55.3 Å². The third kappa shape index (κ3) is 9.27. The van der Waals surface area contributed by atoms with Crippen LogP contribution >= 0.6 is 7.82 Å². The lowest BCUT2D eigenvalue weighted by Crippen LogP contribution is -2.19. The summed E-state index contributed by atoms with van der Waals surface area (Å²) in [5, 5.41) is 13.5. The van der Waals surface area contributed by atoms with E-state index < -0.39 is 25.4 Å². The van der Waals surface area contributed by atoms with E-state index in [9.17, 15) is 18.1 Å². The Bertz CT molecular complexity index is 1530. The molecule has 0 atom stereocenters. The molecule has 2 heterocycles. The quantitative estimate of drug-likeness (QED) is 0.101. The van der Waals surface area contributed by atoms with E-state index in [1.165, 1.54) is 29.3 Å². The molecule has 0 saturated heterocycles. The van der Waals surface area contributed by atoms with Crippen molar-refractivity contribution in [2.75, 3.05) is 36.9 Å². The second-order valence-electron chi connectivity index (χ2n) is 8.73. The fourth-order valence-corrected chi connectivity index (χ4v) is 4.07. The van der Waals surface area contributed by atoms with Gasteiger partial charge in [-0.2, -0.15) is 5.10 Å². The molecule has 0 spiro atoms. The number of phosphoric acid groups is 1. The molecule has 13 nitrogen and oxygen atoms in total. The molecule has 2 aromatic carbocycles. The van der Waals surface area contributed by atoms with Gasteiger partial charge in [-0.15, -0.1) is 0 Å². The fourth-order valence-electron chi connectivity index (χ4n) is 3.71. The average molecular weight is 592 g/mol. The van der Waals surface area contributed by atoms with Gasteiger partial charge >= 0.3 is 7.82 Å². The lowest BCUT2D eigenvalue weighted by atomic mass is 10.2. The zero-order valence-corrected chi connectivity index (χ0v) is 22.6. The largest absolute Gasteiger partial charge is 0.493 e. The highest BCUT2D eigenvalue weighted by molar-refractivity contribution is 7.46. The molecule has 0 aliphatic heterocycles. The van der Waals surface area contributed by atoms with Crippen molar-refractivity contribution in [3.05, 3.63) is 66.8 Å². The van der Waals surface area contributed by atoms with Crippen molar-refractivity contribution in [3.63, 3.8) is 0 Å². The maximum atomic E-state index is 13.8. The molecule has 0 saturated carbocycles. The number of hydrogen-bond donors (Lipinski definition) is 5. The molecule has 16 heteroatoms. The summed E-state index contributed by atoms with van der Waals surface area (Å²) in [7, 11) is -4.42. The summed E-state index contributed by atoms with van der Waals surface area (Å²) in [5.41, 5.74) is 0.944. The van der Waals surface area contributed by atoms with Gasteiger partial charge in [0.25, 0.3) is 0 Å². The van der Waals surface area contributed by atoms with Crippen LogP contribution in [0, 0.1) is 11.6 Å². The van der Waals surface area contributed by atoms with Crippen LogP contribution in [0.4, 0.5) is 26.0 Å². The average Bonchev–Trinajstić information content (AvgIpc) is 3.36. The number of carbonyl (C=O) groups excluding carboxylic acids is 1. The summed E-state index contributed by atoms with van der Waals surface area (Å²) in [6, 6.07) is 8.92. The SMILES string of the molecule is O=C(Cn1cc(Nc2ncnc3cc(OCCCNCCCOP(=O)(O)O)ccc23)cn1)Nc1cccc(F)c1F. The predicted octanol–water partition coefficient (Wildman–Crippen LogP) is 3.34. The third-order valence-electron chi connectivity index (χ3n) is 5.56. The van der Waals surface area contributed by atoms with Gasteiger partial charge in [-0.1, -0.05) is 6.07 Å². The number of nitrogens with one attached hydrogen (secondary N) is 3. The zero-order valence-electron chi connectivity index (χ0n) is 21.7. The van der Waals surface area contributed by atoms with Crippen LogP contribution in [0.3, 0.4) is 0 Å². The number of anilines is 3. The molecule has 4 rings (SSSR count). The number of carbonyl (C=O) groups is 1. The van der Waals surface area contributed by atoms with Gasteiger partial charge in [0.05, 0.1) is 36.3 Å². The summed E-state index contributed by atoms with van der Waals surface area (Å²) in [4.78, 5) is 38.1. The first-order valence-electron chi connectivity index (χ1n) is 12.5. The van der Waals surface area contributed by atoms with Gasteiger partial charge < -0.3 is 30.5 Å². The van der Waals surface area contributed by atoms with Crippen molar-refractivity contribution >= 4 is 41.8 Å². The Balaban J connectivity index is 1.25. The zero-order chi connectivity index (χ0) is 29.2. The van der Waals surface area contributed by atoms with Gasteiger partial charge in [0.1, 0.15) is 24.4 Å². The van der Waals surface area contributed by atoms with Crippen LogP contribution in [-0.4, -0.2) is 61.7 Å². The molecule has 41 heavy (non-hydrogen) atoms. The van der Waals surface area contributed by atoms with E-state index in [4.69, 9.17) is 14.5 Å². The molecule has 0 bridgehead atoms. The minimum Gasteiger partial charge on any atom is -0.493 e. The highest BCUT2D eigenvalue weighted by atomic mass is 31.2. The van der Waals surface area contributed by atoms with Crippen molar-refractivity contribution < 1.29 is 37.2 Å². The molecule has 2 aromatic heterocycles. The summed E-state index contributed by atoms with van der Waals surface area (Å²) in [6.45, 7) is 1.43. The monoisotopic (exact) mass is 591 g/mol. The summed E-state index contributed by atoms with van der Waals surface area (Å²) >= 11 is 0. The van der Waals surface area contributed by atoms with Crippen LogP contribution in [0.25, 0.3) is 10.9 Å². The van der Waals surface area contributed by atoms with Gasteiger partial charge in [-0.05, 0) is 50.2 Å². The maximum absolute atomic E-state index is 13.8. The number of hydrogen-bond acceptors (Lipinski definition) is 9. The van der Waals surface area contributed by atoms with Crippen LogP contribution in [0.2, 0.25) is 0 Å². The van der Waals surface area contributed by atoms with Crippen LogP contribution in [0.1, 0.15) is 12.8 Å². The Morgan fingerprint density at radius 3 is 2.68 bits per heavy atom. The van der Waals surface area contributed by atoms with E-state index in [2.05, 4.69) is 35.5 Å². The molecule has 0 aliphatic rings. The van der Waals surface area contributed by atoms with Gasteiger partial charge in [0.2, 0.25) is 5.91 Å². The Labute approximate surface area is 233 Å². The molecular formula is C25H28F2N7O6P. The number of rotatable bonds is 15. The van der Waals surface area contributed by atoms with Crippen molar-refractivity contribution in [3.8, 4) is 5.75 Å². The number of halogens is 2. The standard InChI is InChI=1S/C25H28F2N7O6P/c26-20-4-1-5-21(24(20)27)33-23(35)15-34-14-17(13-31-34)32-25-19-7-6-18(12-22(19)29-16-30-25)39-10-2-8-28-9-3-11-40-41(36,37)38/h1,4-7,12-14,16,28H,2-3,8-11,15H2,(H,33,35)(H,29,30,32)(H2,36,37,38). The molecule has 0 radical (unpaired) electrons. The maximum Gasteiger partial charge on any atom is 0.469 e. The summed E-state index contributed by atoms with van der Waals surface area (Å²) in [5.74, 6) is -1.62. The Morgan fingerprint density at radius 2 is 1.88 bits per heavy atom. The van der Waals surface area contributed by atoms with Crippen molar-refractivity contribution in [2.45, 2.75) is 19.4 Å². The van der Waals surface area contributed by atoms with Crippen LogP contribution < -0.4 is 20.7 Å². The van der Waals surface area contributed by atoms with Gasteiger partial charge in [0.15, 0.2) is 11.6 Å². The number of ether oxygens (including phenoxy) is 1. The summed E-state index contributed by atoms with van der Waals surface area (Å²) in [6.07, 6.45) is 5.67. The number of phosphoric ester groups is 1. The topological polar surface area (TPSA) is 173 Å². The molecule has 5 N–H and O–H groups in total. The minimum absolute atomic E-state index is 0.0244. The number of fused-ring (bicyclic) bond motifs is 1. The first-order valence-corrected chi connectivity index (χ1v) is 14.0. The Morgan fingerprint density at radius 1 is 1.07 bits per heavy atom. The lowest BCUT2D eigenvalue weighted by Gasteiger charge is -2.10. The van der Waals surface area contributed by atoms with Crippen molar-refractivity contribution in [1.82, 2.24) is 25.1 Å². The second-order valence-corrected chi connectivity index (χ2v) is 9.97. The number of nitrogens with zero attached hydrogens (tertiary/aromatic N) is 4. The summed E-state index contributed by atoms with van der Waals surface area (Å²) < 4.78 is 49.3. The lowest BCUT2D eigenvalue weighted by molar-refractivity contribution is -0.116. The molecule has 0 unspecified atom stereocenters. The highest BCUT2D eigenvalue weighted by Gasteiger charge is 2.13. The smallest absolute Gasteiger partial charge is 0.469 e. The van der Waals surface area contributed by atoms with E-state index in [1.54, 1.807) is 18.3 Å². The molecular weight excluding hydrogens is 563 g/mol. The van der Waals surface area contributed by atoms with E-state index in [-0.39, 0.29) is 18.8 Å².